The van der Waals surface area contributed by atoms with E-state index in [1.807, 2.05) is 6.92 Å². The summed E-state index contributed by atoms with van der Waals surface area (Å²) in [4.78, 5) is 17.9. The molecule has 2 aliphatic rings. The van der Waals surface area contributed by atoms with Crippen LogP contribution in [0.4, 0.5) is 0 Å². The van der Waals surface area contributed by atoms with E-state index >= 15 is 0 Å². The Morgan fingerprint density at radius 2 is 2.22 bits per heavy atom. The zero-order valence-corrected chi connectivity index (χ0v) is 13.9. The van der Waals surface area contributed by atoms with Crippen LogP contribution in [0.2, 0.25) is 0 Å². The van der Waals surface area contributed by atoms with Crippen molar-refractivity contribution in [3.8, 4) is 0 Å². The lowest BCUT2D eigenvalue weighted by molar-refractivity contribution is -0.122. The lowest BCUT2D eigenvalue weighted by Gasteiger charge is -2.47. The van der Waals surface area contributed by atoms with Gasteiger partial charge in [-0.15, -0.1) is 0 Å². The smallest absolute Gasteiger partial charge is 0.290 e. The van der Waals surface area contributed by atoms with Crippen molar-refractivity contribution in [2.75, 3.05) is 32.8 Å². The Balaban J connectivity index is 0.000000595. The maximum absolute atomic E-state index is 8.36. The molecule has 0 aliphatic carbocycles. The monoisotopic (exact) mass is 325 g/mol. The van der Waals surface area contributed by atoms with Crippen LogP contribution in [0.3, 0.4) is 0 Å². The first-order valence-corrected chi connectivity index (χ1v) is 8.19. The van der Waals surface area contributed by atoms with E-state index in [0.717, 1.165) is 51.0 Å². The summed E-state index contributed by atoms with van der Waals surface area (Å²) in [5.74, 6) is 1.79. The number of aromatic nitrogens is 3. The first kappa shape index (κ1) is 17.8. The molecular weight excluding hydrogens is 298 g/mol. The number of aromatic amines is 1. The first-order chi connectivity index (χ1) is 11.2. The lowest BCUT2D eigenvalue weighted by atomic mass is 10.0. The molecule has 23 heavy (non-hydrogen) atoms. The average molecular weight is 325 g/mol. The molecule has 2 saturated heterocycles. The number of carboxylic acid groups (broad SMARTS) is 1. The number of morpholine rings is 1. The van der Waals surface area contributed by atoms with Gasteiger partial charge in [-0.25, -0.2) is 4.98 Å². The second-order valence-corrected chi connectivity index (χ2v) is 6.05. The van der Waals surface area contributed by atoms with Crippen LogP contribution in [0.15, 0.2) is 0 Å². The number of ether oxygens (including phenoxy) is 1. The van der Waals surface area contributed by atoms with Gasteiger partial charge in [-0.1, -0.05) is 13.3 Å². The number of rotatable bonds is 4. The molecular formula is C15H27N5O3. The highest BCUT2D eigenvalue weighted by molar-refractivity contribution is 5.32. The van der Waals surface area contributed by atoms with Gasteiger partial charge in [0.1, 0.15) is 5.82 Å². The van der Waals surface area contributed by atoms with Crippen LogP contribution in [0, 0.1) is 6.92 Å². The predicted molar refractivity (Wildman–Crippen MR) is 85.1 cm³/mol. The molecule has 3 heterocycles. The number of hydrogen-bond donors (Lipinski definition) is 2. The van der Waals surface area contributed by atoms with E-state index in [2.05, 4.69) is 31.9 Å². The molecule has 2 N–H and O–H groups in total. The van der Waals surface area contributed by atoms with Crippen LogP contribution in [0.25, 0.3) is 0 Å². The number of carbonyl (C=O) groups is 1. The van der Waals surface area contributed by atoms with Crippen LogP contribution in [-0.4, -0.2) is 81.5 Å². The summed E-state index contributed by atoms with van der Waals surface area (Å²) in [6, 6.07) is 1.15. The van der Waals surface area contributed by atoms with Gasteiger partial charge in [-0.3, -0.25) is 19.7 Å². The fourth-order valence-electron chi connectivity index (χ4n) is 3.38. The van der Waals surface area contributed by atoms with Gasteiger partial charge in [0.05, 0.1) is 19.8 Å². The van der Waals surface area contributed by atoms with Gasteiger partial charge in [0, 0.05) is 31.7 Å². The van der Waals surface area contributed by atoms with Crippen LogP contribution in [0.1, 0.15) is 31.4 Å². The molecule has 0 spiro atoms. The summed E-state index contributed by atoms with van der Waals surface area (Å²) in [6.45, 7) is 9.87. The lowest BCUT2D eigenvalue weighted by Crippen LogP contribution is -2.61. The Bertz CT molecular complexity index is 479. The standard InChI is InChI=1S/C14H25N5O.CH2O2/c1-3-4-12-9-20-10-13-7-18(5-6-19(12)13)8-14-15-11(2)16-17-14;2-1-3/h12-13H,3-10H2,1-2H3,(H,15,16,17);1H,(H,2,3)/t12-,13+;/m0./s1. The van der Waals surface area contributed by atoms with Gasteiger partial charge < -0.3 is 9.84 Å². The number of nitrogens with one attached hydrogen (secondary N) is 1. The number of nitrogens with zero attached hydrogens (tertiary/aromatic N) is 4. The SMILES string of the molecule is CCC[C@H]1COC[C@H]2CN(Cc3n[nH]c(C)n3)CCN12.O=CO. The Kier molecular flexibility index (Phi) is 6.94. The molecule has 0 amide bonds. The van der Waals surface area contributed by atoms with E-state index in [9.17, 15) is 0 Å². The van der Waals surface area contributed by atoms with Crippen molar-refractivity contribution >= 4 is 6.47 Å². The molecule has 0 unspecified atom stereocenters. The third kappa shape index (κ3) is 4.98. The van der Waals surface area contributed by atoms with Crippen molar-refractivity contribution in [3.63, 3.8) is 0 Å². The van der Waals surface area contributed by atoms with Gasteiger partial charge in [-0.05, 0) is 13.3 Å². The molecule has 8 nitrogen and oxygen atoms in total. The third-order valence-electron chi connectivity index (χ3n) is 4.33. The third-order valence-corrected chi connectivity index (χ3v) is 4.33. The Morgan fingerprint density at radius 3 is 2.87 bits per heavy atom. The minimum Gasteiger partial charge on any atom is -0.483 e. The highest BCUT2D eigenvalue weighted by Crippen LogP contribution is 2.22. The number of hydrogen-bond acceptors (Lipinski definition) is 6. The average Bonchev–Trinajstić information content (AvgIpc) is 2.93. The second kappa shape index (κ2) is 8.95. The zero-order valence-electron chi connectivity index (χ0n) is 13.9. The summed E-state index contributed by atoms with van der Waals surface area (Å²) in [6.07, 6.45) is 2.48. The molecule has 0 aromatic carbocycles. The molecule has 0 bridgehead atoms. The summed E-state index contributed by atoms with van der Waals surface area (Å²) >= 11 is 0. The fraction of sp³-hybridized carbons (Fsp3) is 0.800. The number of H-pyrrole nitrogens is 1. The largest absolute Gasteiger partial charge is 0.483 e. The molecule has 3 rings (SSSR count). The highest BCUT2D eigenvalue weighted by Gasteiger charge is 2.35. The molecule has 2 fully saturated rings. The number of aryl methyl sites for hydroxylation is 1. The number of piperazine rings is 1. The maximum atomic E-state index is 8.36. The van der Waals surface area contributed by atoms with Crippen LogP contribution < -0.4 is 0 Å². The molecule has 1 aromatic heterocycles. The second-order valence-electron chi connectivity index (χ2n) is 6.05. The van der Waals surface area contributed by atoms with Crippen molar-refractivity contribution < 1.29 is 14.6 Å². The quantitative estimate of drug-likeness (QED) is 0.778. The highest BCUT2D eigenvalue weighted by atomic mass is 16.5. The minimum absolute atomic E-state index is 0.250. The molecule has 0 radical (unpaired) electrons. The molecule has 8 heteroatoms. The van der Waals surface area contributed by atoms with Gasteiger partial charge in [-0.2, -0.15) is 5.10 Å². The van der Waals surface area contributed by atoms with Crippen molar-refractivity contribution in [2.24, 2.45) is 0 Å². The maximum Gasteiger partial charge on any atom is 0.290 e. The molecule has 2 aliphatic heterocycles. The van der Waals surface area contributed by atoms with Crippen molar-refractivity contribution in [3.05, 3.63) is 11.6 Å². The molecule has 2 atom stereocenters. The van der Waals surface area contributed by atoms with Crippen molar-refractivity contribution in [2.45, 2.75) is 45.3 Å². The summed E-state index contributed by atoms with van der Waals surface area (Å²) in [7, 11) is 0. The van der Waals surface area contributed by atoms with Crippen LogP contribution in [-0.2, 0) is 16.1 Å². The van der Waals surface area contributed by atoms with Gasteiger partial charge in [0.2, 0.25) is 0 Å². The summed E-state index contributed by atoms with van der Waals surface area (Å²) in [5.41, 5.74) is 0. The normalized spacial score (nSPS) is 25.3. The van der Waals surface area contributed by atoms with Crippen LogP contribution in [0.5, 0.6) is 0 Å². The summed E-state index contributed by atoms with van der Waals surface area (Å²) < 4.78 is 5.80. The van der Waals surface area contributed by atoms with Crippen molar-refractivity contribution in [1.82, 2.24) is 25.0 Å². The van der Waals surface area contributed by atoms with E-state index in [4.69, 9.17) is 14.6 Å². The Labute approximate surface area is 136 Å². The van der Waals surface area contributed by atoms with E-state index in [-0.39, 0.29) is 6.47 Å². The first-order valence-electron chi connectivity index (χ1n) is 8.19. The zero-order chi connectivity index (χ0) is 16.7. The fourth-order valence-corrected chi connectivity index (χ4v) is 3.38. The van der Waals surface area contributed by atoms with E-state index in [0.29, 0.717) is 12.1 Å². The predicted octanol–water partition coefficient (Wildman–Crippen LogP) is 0.499. The molecule has 0 saturated carbocycles. The minimum atomic E-state index is -0.250. The molecule has 1 aromatic rings. The summed E-state index contributed by atoms with van der Waals surface area (Å²) in [5, 5.41) is 14.0. The Hall–Kier alpha value is -1.51. The Morgan fingerprint density at radius 1 is 1.43 bits per heavy atom. The van der Waals surface area contributed by atoms with Gasteiger partial charge in [0.15, 0.2) is 5.82 Å². The van der Waals surface area contributed by atoms with E-state index in [1.54, 1.807) is 0 Å². The molecule has 130 valence electrons. The van der Waals surface area contributed by atoms with Crippen molar-refractivity contribution in [1.29, 1.82) is 0 Å². The number of fused-ring (bicyclic) bond motifs is 1. The topological polar surface area (TPSA) is 94.6 Å². The van der Waals surface area contributed by atoms with Crippen LogP contribution >= 0.6 is 0 Å². The van der Waals surface area contributed by atoms with E-state index < -0.39 is 0 Å². The van der Waals surface area contributed by atoms with Gasteiger partial charge >= 0.3 is 0 Å². The van der Waals surface area contributed by atoms with Gasteiger partial charge in [0.25, 0.3) is 6.47 Å². The van der Waals surface area contributed by atoms with E-state index in [1.165, 1.54) is 12.8 Å².